The molecule has 0 radical (unpaired) electrons. The van der Waals surface area contributed by atoms with Crippen LogP contribution in [-0.4, -0.2) is 17.0 Å². The van der Waals surface area contributed by atoms with Crippen molar-refractivity contribution in [2.75, 3.05) is 11.9 Å². The molecule has 3 N–H and O–H groups in total. The van der Waals surface area contributed by atoms with E-state index >= 15 is 0 Å². The molecule has 21 heavy (non-hydrogen) atoms. The number of nitrogens with two attached hydrogens (primary N) is 1. The van der Waals surface area contributed by atoms with E-state index in [9.17, 15) is 10.1 Å². The fraction of sp³-hybridized carbons (Fsp3) is 0.533. The van der Waals surface area contributed by atoms with E-state index in [0.717, 1.165) is 19.3 Å². The van der Waals surface area contributed by atoms with Crippen LogP contribution in [0.15, 0.2) is 18.2 Å². The van der Waals surface area contributed by atoms with E-state index in [1.54, 1.807) is 6.07 Å². The fourth-order valence-corrected chi connectivity index (χ4v) is 3.10. The van der Waals surface area contributed by atoms with Gasteiger partial charge in [0.1, 0.15) is 11.6 Å². The first-order chi connectivity index (χ1) is 10.0. The van der Waals surface area contributed by atoms with Gasteiger partial charge in [0.05, 0.1) is 10.5 Å². The SMILES string of the molecule is CC1CCCCC1(CN)Nc1ccc(C#N)c([N+](=O)[O-])c1. The molecule has 1 aliphatic carbocycles. The van der Waals surface area contributed by atoms with Gasteiger partial charge in [-0.25, -0.2) is 0 Å². The van der Waals surface area contributed by atoms with Crippen LogP contribution in [0.4, 0.5) is 11.4 Å². The summed E-state index contributed by atoms with van der Waals surface area (Å²) in [6, 6.07) is 6.47. The molecule has 6 heteroatoms. The lowest BCUT2D eigenvalue weighted by Gasteiger charge is -2.43. The maximum absolute atomic E-state index is 11.0. The predicted molar refractivity (Wildman–Crippen MR) is 80.9 cm³/mol. The summed E-state index contributed by atoms with van der Waals surface area (Å²) in [6.07, 6.45) is 4.35. The van der Waals surface area contributed by atoms with Crippen LogP contribution in [0.3, 0.4) is 0 Å². The number of nitro groups is 1. The van der Waals surface area contributed by atoms with E-state index in [2.05, 4.69) is 12.2 Å². The van der Waals surface area contributed by atoms with Crippen LogP contribution in [0, 0.1) is 27.4 Å². The Bertz CT molecular complexity index is 582. The molecule has 6 nitrogen and oxygen atoms in total. The molecule has 1 fully saturated rings. The Hall–Kier alpha value is -2.13. The summed E-state index contributed by atoms with van der Waals surface area (Å²) in [4.78, 5) is 10.5. The van der Waals surface area contributed by atoms with Crippen molar-refractivity contribution in [2.45, 2.75) is 38.1 Å². The minimum absolute atomic E-state index is 0.0732. The molecule has 0 bridgehead atoms. The Morgan fingerprint density at radius 2 is 2.33 bits per heavy atom. The van der Waals surface area contributed by atoms with E-state index in [0.29, 0.717) is 18.2 Å². The van der Waals surface area contributed by atoms with Gasteiger partial charge in [-0.2, -0.15) is 5.26 Å². The number of nitrogens with one attached hydrogen (secondary N) is 1. The van der Waals surface area contributed by atoms with Gasteiger partial charge in [-0.05, 0) is 30.9 Å². The molecule has 2 atom stereocenters. The van der Waals surface area contributed by atoms with Crippen molar-refractivity contribution in [1.82, 2.24) is 0 Å². The third-order valence-electron chi connectivity index (χ3n) is 4.53. The van der Waals surface area contributed by atoms with Gasteiger partial charge in [-0.15, -0.1) is 0 Å². The standard InChI is InChI=1S/C15H20N4O2/c1-11-4-2-3-7-15(11,10-17)18-13-6-5-12(9-16)14(8-13)19(20)21/h5-6,8,11,18H,2-4,7,10,17H2,1H3. The highest BCUT2D eigenvalue weighted by Gasteiger charge is 2.37. The van der Waals surface area contributed by atoms with Gasteiger partial charge in [0.2, 0.25) is 0 Å². The number of nitrogens with zero attached hydrogens (tertiary/aromatic N) is 2. The lowest BCUT2D eigenvalue weighted by Crippen LogP contribution is -2.52. The maximum Gasteiger partial charge on any atom is 0.289 e. The zero-order chi connectivity index (χ0) is 15.5. The molecule has 2 unspecified atom stereocenters. The minimum Gasteiger partial charge on any atom is -0.378 e. The van der Waals surface area contributed by atoms with E-state index in [-0.39, 0.29) is 16.8 Å². The first-order valence-electron chi connectivity index (χ1n) is 7.19. The molecule has 0 aromatic heterocycles. The molecule has 112 valence electrons. The van der Waals surface area contributed by atoms with Crippen LogP contribution in [0.2, 0.25) is 0 Å². The van der Waals surface area contributed by atoms with Gasteiger partial charge < -0.3 is 11.1 Å². The van der Waals surface area contributed by atoms with Gasteiger partial charge in [0, 0.05) is 18.3 Å². The summed E-state index contributed by atoms with van der Waals surface area (Å²) < 4.78 is 0. The first-order valence-corrected chi connectivity index (χ1v) is 7.19. The molecule has 0 aliphatic heterocycles. The highest BCUT2D eigenvalue weighted by molar-refractivity contribution is 5.60. The molecule has 0 heterocycles. The third kappa shape index (κ3) is 2.98. The Morgan fingerprint density at radius 3 is 2.90 bits per heavy atom. The van der Waals surface area contributed by atoms with Crippen molar-refractivity contribution in [3.63, 3.8) is 0 Å². The summed E-state index contributed by atoms with van der Waals surface area (Å²) in [5.41, 5.74) is 6.32. The largest absolute Gasteiger partial charge is 0.378 e. The quantitative estimate of drug-likeness (QED) is 0.654. The molecule has 0 amide bonds. The number of rotatable bonds is 4. The minimum atomic E-state index is -0.525. The highest BCUT2D eigenvalue weighted by Crippen LogP contribution is 2.36. The van der Waals surface area contributed by atoms with Crippen LogP contribution in [0.1, 0.15) is 38.2 Å². The molecule has 2 rings (SSSR count). The van der Waals surface area contributed by atoms with E-state index < -0.39 is 4.92 Å². The number of anilines is 1. The van der Waals surface area contributed by atoms with Crippen molar-refractivity contribution < 1.29 is 4.92 Å². The van der Waals surface area contributed by atoms with Gasteiger partial charge >= 0.3 is 0 Å². The number of benzene rings is 1. The smallest absolute Gasteiger partial charge is 0.289 e. The second kappa shape index (κ2) is 6.10. The van der Waals surface area contributed by atoms with Crippen LogP contribution >= 0.6 is 0 Å². The van der Waals surface area contributed by atoms with Crippen molar-refractivity contribution in [1.29, 1.82) is 5.26 Å². The van der Waals surface area contributed by atoms with Crippen LogP contribution in [0.5, 0.6) is 0 Å². The van der Waals surface area contributed by atoms with Gasteiger partial charge in [0.15, 0.2) is 0 Å². The second-order valence-corrected chi connectivity index (χ2v) is 5.73. The molecular formula is C15H20N4O2. The lowest BCUT2D eigenvalue weighted by atomic mass is 9.73. The number of nitriles is 1. The first kappa shape index (κ1) is 15.3. The Labute approximate surface area is 124 Å². The van der Waals surface area contributed by atoms with Crippen molar-refractivity contribution in [3.05, 3.63) is 33.9 Å². The molecule has 0 spiro atoms. The normalized spacial score (nSPS) is 25.1. The highest BCUT2D eigenvalue weighted by atomic mass is 16.6. The van der Waals surface area contributed by atoms with E-state index in [1.165, 1.54) is 18.6 Å². The Balaban J connectivity index is 2.32. The predicted octanol–water partition coefficient (Wildman–Crippen LogP) is 2.79. The average Bonchev–Trinajstić information content (AvgIpc) is 2.49. The lowest BCUT2D eigenvalue weighted by molar-refractivity contribution is -0.385. The molecule has 1 aliphatic rings. The third-order valence-corrected chi connectivity index (χ3v) is 4.53. The van der Waals surface area contributed by atoms with E-state index in [1.807, 2.05) is 6.07 Å². The second-order valence-electron chi connectivity index (χ2n) is 5.73. The molecule has 1 aromatic carbocycles. The molecule has 1 saturated carbocycles. The zero-order valence-electron chi connectivity index (χ0n) is 12.1. The van der Waals surface area contributed by atoms with Crippen molar-refractivity contribution >= 4 is 11.4 Å². The molecule has 0 saturated heterocycles. The summed E-state index contributed by atoms with van der Waals surface area (Å²) in [6.45, 7) is 2.65. The van der Waals surface area contributed by atoms with E-state index in [4.69, 9.17) is 11.0 Å². The fourth-order valence-electron chi connectivity index (χ4n) is 3.10. The van der Waals surface area contributed by atoms with Gasteiger partial charge in [-0.3, -0.25) is 10.1 Å². The van der Waals surface area contributed by atoms with Crippen molar-refractivity contribution in [3.8, 4) is 6.07 Å². The average molecular weight is 288 g/mol. The van der Waals surface area contributed by atoms with Crippen molar-refractivity contribution in [2.24, 2.45) is 11.7 Å². The Kier molecular flexibility index (Phi) is 4.43. The zero-order valence-corrected chi connectivity index (χ0v) is 12.1. The topological polar surface area (TPSA) is 105 Å². The summed E-state index contributed by atoms with van der Waals surface area (Å²) >= 11 is 0. The summed E-state index contributed by atoms with van der Waals surface area (Å²) in [7, 11) is 0. The maximum atomic E-state index is 11.0. The van der Waals surface area contributed by atoms with Crippen LogP contribution < -0.4 is 11.1 Å². The molecule has 1 aromatic rings. The summed E-state index contributed by atoms with van der Waals surface area (Å²) in [5, 5.41) is 23.4. The van der Waals surface area contributed by atoms with Crippen LogP contribution in [0.25, 0.3) is 0 Å². The number of hydrogen-bond acceptors (Lipinski definition) is 5. The summed E-state index contributed by atoms with van der Waals surface area (Å²) in [5.74, 6) is 0.408. The Morgan fingerprint density at radius 1 is 1.57 bits per heavy atom. The number of nitro benzene ring substituents is 1. The molecular weight excluding hydrogens is 268 g/mol. The van der Waals surface area contributed by atoms with Gasteiger partial charge in [0.25, 0.3) is 5.69 Å². The van der Waals surface area contributed by atoms with Gasteiger partial charge in [-0.1, -0.05) is 19.8 Å². The van der Waals surface area contributed by atoms with Crippen LogP contribution in [-0.2, 0) is 0 Å². The monoisotopic (exact) mass is 288 g/mol. The number of hydrogen-bond donors (Lipinski definition) is 2.